The molecule has 18 heavy (non-hydrogen) atoms. The van der Waals surface area contributed by atoms with E-state index in [2.05, 4.69) is 16.0 Å². The van der Waals surface area contributed by atoms with Crippen LogP contribution in [0.3, 0.4) is 0 Å². The Labute approximate surface area is 107 Å². The fourth-order valence-electron chi connectivity index (χ4n) is 2.31. The van der Waals surface area contributed by atoms with Gasteiger partial charge < -0.3 is 10.0 Å². The molecule has 5 heteroatoms. The van der Waals surface area contributed by atoms with Gasteiger partial charge in [-0.3, -0.25) is 14.7 Å². The molecule has 2 rings (SSSR count). The average molecular weight is 249 g/mol. The first-order chi connectivity index (χ1) is 8.65. The van der Waals surface area contributed by atoms with Gasteiger partial charge in [0, 0.05) is 43.8 Å². The van der Waals surface area contributed by atoms with Gasteiger partial charge in [0.25, 0.3) is 0 Å². The summed E-state index contributed by atoms with van der Waals surface area (Å²) < 4.78 is 0. The zero-order valence-electron chi connectivity index (χ0n) is 10.7. The molecule has 0 amide bonds. The molecule has 1 aliphatic heterocycles. The first-order valence-electron chi connectivity index (χ1n) is 6.27. The molecule has 1 aliphatic rings. The Balaban J connectivity index is 1.98. The van der Waals surface area contributed by atoms with Crippen molar-refractivity contribution in [1.82, 2.24) is 9.88 Å². The van der Waals surface area contributed by atoms with Crippen LogP contribution >= 0.6 is 0 Å². The third-order valence-electron chi connectivity index (χ3n) is 3.19. The number of carbonyl (C=O) groups is 1. The van der Waals surface area contributed by atoms with Crippen molar-refractivity contribution in [3.8, 4) is 0 Å². The van der Waals surface area contributed by atoms with Gasteiger partial charge in [0.15, 0.2) is 0 Å². The van der Waals surface area contributed by atoms with E-state index in [9.17, 15) is 4.79 Å². The van der Waals surface area contributed by atoms with Crippen molar-refractivity contribution in [3.05, 3.63) is 24.0 Å². The van der Waals surface area contributed by atoms with E-state index in [0.29, 0.717) is 0 Å². The number of hydrogen-bond donors (Lipinski definition) is 1. The van der Waals surface area contributed by atoms with E-state index >= 15 is 0 Å². The van der Waals surface area contributed by atoms with E-state index in [1.165, 1.54) is 5.69 Å². The number of hydrogen-bond acceptors (Lipinski definition) is 4. The molecule has 0 aromatic carbocycles. The van der Waals surface area contributed by atoms with E-state index in [-0.39, 0.29) is 6.54 Å². The maximum atomic E-state index is 10.7. The molecule has 0 atom stereocenters. The van der Waals surface area contributed by atoms with E-state index in [4.69, 9.17) is 5.11 Å². The predicted octanol–water partition coefficient (Wildman–Crippen LogP) is 0.987. The van der Waals surface area contributed by atoms with Crippen LogP contribution in [0.4, 0.5) is 5.69 Å². The predicted molar refractivity (Wildman–Crippen MR) is 69.9 cm³/mol. The Kier molecular flexibility index (Phi) is 4.15. The van der Waals surface area contributed by atoms with Gasteiger partial charge in [-0.15, -0.1) is 0 Å². The molecule has 98 valence electrons. The second-order valence-electron chi connectivity index (χ2n) is 4.67. The lowest BCUT2D eigenvalue weighted by Gasteiger charge is -2.23. The molecule has 0 unspecified atom stereocenters. The molecule has 1 N–H and O–H groups in total. The van der Waals surface area contributed by atoms with Crippen LogP contribution in [0.1, 0.15) is 12.1 Å². The third-order valence-corrected chi connectivity index (χ3v) is 3.19. The SMILES string of the molecule is Cc1cc(N2CCCN(CC(=O)O)CC2)ccn1. The van der Waals surface area contributed by atoms with E-state index in [1.807, 2.05) is 24.1 Å². The van der Waals surface area contributed by atoms with Gasteiger partial charge >= 0.3 is 5.97 Å². The van der Waals surface area contributed by atoms with Crippen LogP contribution < -0.4 is 4.90 Å². The molecule has 1 aromatic rings. The summed E-state index contributed by atoms with van der Waals surface area (Å²) in [5.41, 5.74) is 2.19. The van der Waals surface area contributed by atoms with Crippen LogP contribution in [-0.4, -0.2) is 53.7 Å². The second-order valence-corrected chi connectivity index (χ2v) is 4.67. The van der Waals surface area contributed by atoms with Gasteiger partial charge in [0.05, 0.1) is 6.54 Å². The lowest BCUT2D eigenvalue weighted by molar-refractivity contribution is -0.138. The quantitative estimate of drug-likeness (QED) is 0.865. The fraction of sp³-hybridized carbons (Fsp3) is 0.538. The minimum absolute atomic E-state index is 0.142. The summed E-state index contributed by atoms with van der Waals surface area (Å²) in [5.74, 6) is -0.747. The molecule has 0 spiro atoms. The minimum Gasteiger partial charge on any atom is -0.480 e. The summed E-state index contributed by atoms with van der Waals surface area (Å²) in [7, 11) is 0. The standard InChI is InChI=1S/C13H19N3O2/c1-11-9-12(3-4-14-11)16-6-2-5-15(7-8-16)10-13(17)18/h3-4,9H,2,5-8,10H2,1H3,(H,17,18). The maximum Gasteiger partial charge on any atom is 0.317 e. The highest BCUT2D eigenvalue weighted by Gasteiger charge is 2.16. The van der Waals surface area contributed by atoms with Crippen molar-refractivity contribution in [2.45, 2.75) is 13.3 Å². The van der Waals surface area contributed by atoms with Gasteiger partial charge in [-0.2, -0.15) is 0 Å². The first kappa shape index (κ1) is 12.8. The number of carboxylic acids is 1. The highest BCUT2D eigenvalue weighted by molar-refractivity contribution is 5.69. The normalized spacial score (nSPS) is 17.5. The van der Waals surface area contributed by atoms with Crippen LogP contribution in [-0.2, 0) is 4.79 Å². The molecule has 1 saturated heterocycles. The lowest BCUT2D eigenvalue weighted by atomic mass is 10.3. The van der Waals surface area contributed by atoms with Crippen LogP contribution in [0.5, 0.6) is 0 Å². The maximum absolute atomic E-state index is 10.7. The summed E-state index contributed by atoms with van der Waals surface area (Å²) in [5, 5.41) is 8.81. The van der Waals surface area contributed by atoms with Gasteiger partial charge in [-0.05, 0) is 25.5 Å². The average Bonchev–Trinajstić information content (AvgIpc) is 2.54. The molecule has 1 aromatic heterocycles. The number of rotatable bonds is 3. The van der Waals surface area contributed by atoms with Gasteiger partial charge in [-0.1, -0.05) is 0 Å². The summed E-state index contributed by atoms with van der Waals surface area (Å²) in [6, 6.07) is 4.09. The van der Waals surface area contributed by atoms with E-state index in [1.54, 1.807) is 0 Å². The van der Waals surface area contributed by atoms with Crippen molar-refractivity contribution >= 4 is 11.7 Å². The number of carboxylic acid groups (broad SMARTS) is 1. The van der Waals surface area contributed by atoms with E-state index < -0.39 is 5.97 Å². The molecule has 2 heterocycles. The number of aromatic nitrogens is 1. The molecule has 5 nitrogen and oxygen atoms in total. The molecule has 0 bridgehead atoms. The van der Waals surface area contributed by atoms with Crippen molar-refractivity contribution in [2.24, 2.45) is 0 Å². The Hall–Kier alpha value is -1.62. The lowest BCUT2D eigenvalue weighted by Crippen LogP contribution is -2.34. The fourth-order valence-corrected chi connectivity index (χ4v) is 2.31. The third kappa shape index (κ3) is 3.43. The smallest absolute Gasteiger partial charge is 0.317 e. The number of pyridine rings is 1. The Morgan fingerprint density at radius 2 is 2.22 bits per heavy atom. The number of aryl methyl sites for hydroxylation is 1. The zero-order chi connectivity index (χ0) is 13.0. The Morgan fingerprint density at radius 3 is 2.94 bits per heavy atom. The summed E-state index contributed by atoms with van der Waals surface area (Å²) in [6.07, 6.45) is 2.82. The number of nitrogens with zero attached hydrogens (tertiary/aromatic N) is 3. The Bertz CT molecular complexity index is 422. The van der Waals surface area contributed by atoms with Gasteiger partial charge in [0.2, 0.25) is 0 Å². The molecular weight excluding hydrogens is 230 g/mol. The van der Waals surface area contributed by atoms with Crippen molar-refractivity contribution in [2.75, 3.05) is 37.6 Å². The molecular formula is C13H19N3O2. The molecule has 0 saturated carbocycles. The second kappa shape index (κ2) is 5.82. The van der Waals surface area contributed by atoms with Crippen molar-refractivity contribution in [3.63, 3.8) is 0 Å². The molecule has 1 fully saturated rings. The zero-order valence-corrected chi connectivity index (χ0v) is 10.7. The molecule has 0 aliphatic carbocycles. The number of aliphatic carboxylic acids is 1. The van der Waals surface area contributed by atoms with Crippen LogP contribution in [0.2, 0.25) is 0 Å². The summed E-state index contributed by atoms with van der Waals surface area (Å²) in [4.78, 5) is 19.2. The topological polar surface area (TPSA) is 56.7 Å². The summed E-state index contributed by atoms with van der Waals surface area (Å²) >= 11 is 0. The van der Waals surface area contributed by atoms with Gasteiger partial charge in [0.1, 0.15) is 0 Å². The van der Waals surface area contributed by atoms with E-state index in [0.717, 1.165) is 38.3 Å². The van der Waals surface area contributed by atoms with Crippen molar-refractivity contribution < 1.29 is 9.90 Å². The van der Waals surface area contributed by atoms with Crippen LogP contribution in [0.15, 0.2) is 18.3 Å². The first-order valence-corrected chi connectivity index (χ1v) is 6.27. The monoisotopic (exact) mass is 249 g/mol. The minimum atomic E-state index is -0.747. The number of anilines is 1. The highest BCUT2D eigenvalue weighted by atomic mass is 16.4. The molecule has 0 radical (unpaired) electrons. The van der Waals surface area contributed by atoms with Gasteiger partial charge in [-0.25, -0.2) is 0 Å². The van der Waals surface area contributed by atoms with Crippen LogP contribution in [0, 0.1) is 6.92 Å². The van der Waals surface area contributed by atoms with Crippen LogP contribution in [0.25, 0.3) is 0 Å². The summed E-state index contributed by atoms with van der Waals surface area (Å²) in [6.45, 7) is 5.62. The van der Waals surface area contributed by atoms with Crippen molar-refractivity contribution in [1.29, 1.82) is 0 Å². The largest absolute Gasteiger partial charge is 0.480 e. The highest BCUT2D eigenvalue weighted by Crippen LogP contribution is 2.16. The Morgan fingerprint density at radius 1 is 1.39 bits per heavy atom.